The molecule has 0 aliphatic heterocycles. The van der Waals surface area contributed by atoms with Crippen LogP contribution in [0.2, 0.25) is 0 Å². The summed E-state index contributed by atoms with van der Waals surface area (Å²) in [7, 11) is 0. The molecule has 16 heavy (non-hydrogen) atoms. The third-order valence-corrected chi connectivity index (χ3v) is 2.53. The zero-order chi connectivity index (χ0) is 12.2. The van der Waals surface area contributed by atoms with Crippen molar-refractivity contribution >= 4 is 0 Å². The molecule has 0 aromatic heterocycles. The van der Waals surface area contributed by atoms with Crippen molar-refractivity contribution in [1.29, 1.82) is 0 Å². The van der Waals surface area contributed by atoms with E-state index in [1.54, 1.807) is 6.07 Å². The number of unbranched alkanes of at least 4 members (excludes halogenated alkanes) is 1. The molecule has 1 nitrogen and oxygen atoms in total. The highest BCUT2D eigenvalue weighted by molar-refractivity contribution is 5.32. The van der Waals surface area contributed by atoms with Crippen molar-refractivity contribution < 1.29 is 13.2 Å². The molecule has 0 aliphatic carbocycles. The lowest BCUT2D eigenvalue weighted by molar-refractivity contribution is -0.138. The van der Waals surface area contributed by atoms with Gasteiger partial charge in [-0.05, 0) is 18.1 Å². The smallest absolute Gasteiger partial charge is 0.324 e. The van der Waals surface area contributed by atoms with Gasteiger partial charge in [0.2, 0.25) is 0 Å². The summed E-state index contributed by atoms with van der Waals surface area (Å²) in [4.78, 5) is 0. The monoisotopic (exact) mass is 231 g/mol. The standard InChI is InChI=1S/C12H16F3N/c1-2-3-8-11(16)9-6-4-5-7-10(9)12(13,14)15/h4-7,11H,2-3,8,16H2,1H3/t11-/m0/s1. The molecule has 2 N–H and O–H groups in total. The van der Waals surface area contributed by atoms with Crippen molar-refractivity contribution in [3.63, 3.8) is 0 Å². The number of alkyl halides is 3. The maximum Gasteiger partial charge on any atom is 0.416 e. The van der Waals surface area contributed by atoms with Gasteiger partial charge < -0.3 is 5.73 Å². The van der Waals surface area contributed by atoms with Gasteiger partial charge in [-0.1, -0.05) is 38.0 Å². The molecule has 1 aromatic carbocycles. The fourth-order valence-corrected chi connectivity index (χ4v) is 1.66. The Balaban J connectivity index is 2.94. The Morgan fingerprint density at radius 1 is 1.25 bits per heavy atom. The van der Waals surface area contributed by atoms with Gasteiger partial charge in [0.05, 0.1) is 5.56 Å². The molecular weight excluding hydrogens is 215 g/mol. The lowest BCUT2D eigenvalue weighted by Gasteiger charge is -2.17. The fraction of sp³-hybridized carbons (Fsp3) is 0.500. The number of benzene rings is 1. The molecule has 1 aromatic rings. The van der Waals surface area contributed by atoms with Crippen LogP contribution in [0.5, 0.6) is 0 Å². The van der Waals surface area contributed by atoms with E-state index >= 15 is 0 Å². The van der Waals surface area contributed by atoms with E-state index in [2.05, 4.69) is 0 Å². The molecule has 0 saturated carbocycles. The van der Waals surface area contributed by atoms with Gasteiger partial charge in [-0.15, -0.1) is 0 Å². The van der Waals surface area contributed by atoms with Crippen molar-refractivity contribution in [2.75, 3.05) is 0 Å². The first-order valence-electron chi connectivity index (χ1n) is 5.38. The Hall–Kier alpha value is -1.03. The summed E-state index contributed by atoms with van der Waals surface area (Å²) in [5.74, 6) is 0. The van der Waals surface area contributed by atoms with Crippen LogP contribution in [0.15, 0.2) is 24.3 Å². The molecule has 1 rings (SSSR count). The second-order valence-electron chi connectivity index (χ2n) is 3.83. The van der Waals surface area contributed by atoms with Crippen molar-refractivity contribution in [2.45, 2.75) is 38.4 Å². The lowest BCUT2D eigenvalue weighted by Crippen LogP contribution is -2.17. The molecule has 0 saturated heterocycles. The van der Waals surface area contributed by atoms with E-state index in [-0.39, 0.29) is 5.56 Å². The number of hydrogen-bond acceptors (Lipinski definition) is 1. The Bertz CT molecular complexity index is 333. The number of halogens is 3. The van der Waals surface area contributed by atoms with Crippen LogP contribution >= 0.6 is 0 Å². The molecule has 0 bridgehead atoms. The van der Waals surface area contributed by atoms with Crippen molar-refractivity contribution in [3.8, 4) is 0 Å². The second kappa shape index (κ2) is 5.34. The van der Waals surface area contributed by atoms with Crippen LogP contribution in [0.4, 0.5) is 13.2 Å². The largest absolute Gasteiger partial charge is 0.416 e. The SMILES string of the molecule is CCCC[C@H](N)c1ccccc1C(F)(F)F. The highest BCUT2D eigenvalue weighted by Gasteiger charge is 2.33. The predicted molar refractivity (Wildman–Crippen MR) is 57.9 cm³/mol. The molecule has 0 aliphatic rings. The number of rotatable bonds is 4. The first-order valence-corrected chi connectivity index (χ1v) is 5.38. The minimum absolute atomic E-state index is 0.198. The van der Waals surface area contributed by atoms with Gasteiger partial charge in [-0.25, -0.2) is 0 Å². The molecule has 90 valence electrons. The summed E-state index contributed by atoms with van der Waals surface area (Å²) >= 11 is 0. The zero-order valence-electron chi connectivity index (χ0n) is 9.22. The van der Waals surface area contributed by atoms with E-state index in [9.17, 15) is 13.2 Å². The first kappa shape index (κ1) is 13.0. The maximum atomic E-state index is 12.7. The molecule has 0 radical (unpaired) electrons. The summed E-state index contributed by atoms with van der Waals surface area (Å²) in [5, 5.41) is 0. The zero-order valence-corrected chi connectivity index (χ0v) is 9.22. The third-order valence-electron chi connectivity index (χ3n) is 2.53. The highest BCUT2D eigenvalue weighted by Crippen LogP contribution is 2.34. The van der Waals surface area contributed by atoms with Crippen molar-refractivity contribution in [3.05, 3.63) is 35.4 Å². The van der Waals surface area contributed by atoms with Crippen LogP contribution in [-0.4, -0.2) is 0 Å². The van der Waals surface area contributed by atoms with Gasteiger partial charge in [0.25, 0.3) is 0 Å². The van der Waals surface area contributed by atoms with Crippen LogP contribution in [-0.2, 0) is 6.18 Å². The van der Waals surface area contributed by atoms with Crippen molar-refractivity contribution in [1.82, 2.24) is 0 Å². The van der Waals surface area contributed by atoms with Crippen LogP contribution in [0.25, 0.3) is 0 Å². The van der Waals surface area contributed by atoms with E-state index in [0.29, 0.717) is 6.42 Å². The van der Waals surface area contributed by atoms with Crippen molar-refractivity contribution in [2.24, 2.45) is 5.73 Å². The van der Waals surface area contributed by atoms with Gasteiger partial charge >= 0.3 is 6.18 Å². The third kappa shape index (κ3) is 3.23. The molecule has 1 atom stereocenters. The average Bonchev–Trinajstić information content (AvgIpc) is 2.24. The van der Waals surface area contributed by atoms with Gasteiger partial charge in [0, 0.05) is 6.04 Å². The molecule has 0 unspecified atom stereocenters. The van der Waals surface area contributed by atoms with Gasteiger partial charge in [0.15, 0.2) is 0 Å². The molecule has 0 spiro atoms. The maximum absolute atomic E-state index is 12.7. The number of nitrogens with two attached hydrogens (primary N) is 1. The van der Waals surface area contributed by atoms with Crippen LogP contribution in [0, 0.1) is 0 Å². The summed E-state index contributed by atoms with van der Waals surface area (Å²) in [6.07, 6.45) is -1.96. The topological polar surface area (TPSA) is 26.0 Å². The Labute approximate surface area is 93.5 Å². The molecular formula is C12H16F3N. The van der Waals surface area contributed by atoms with E-state index in [1.165, 1.54) is 12.1 Å². The molecule has 0 amide bonds. The Morgan fingerprint density at radius 3 is 2.44 bits per heavy atom. The summed E-state index contributed by atoms with van der Waals surface area (Å²) < 4.78 is 38.0. The fourth-order valence-electron chi connectivity index (χ4n) is 1.66. The minimum atomic E-state index is -4.32. The highest BCUT2D eigenvalue weighted by atomic mass is 19.4. The molecule has 0 heterocycles. The first-order chi connectivity index (χ1) is 7.46. The van der Waals surface area contributed by atoms with Gasteiger partial charge in [-0.2, -0.15) is 13.2 Å². The number of hydrogen-bond donors (Lipinski definition) is 1. The van der Waals surface area contributed by atoms with E-state index in [1.807, 2.05) is 6.92 Å². The van der Waals surface area contributed by atoms with Gasteiger partial charge in [0.1, 0.15) is 0 Å². The van der Waals surface area contributed by atoms with E-state index < -0.39 is 17.8 Å². The van der Waals surface area contributed by atoms with E-state index in [4.69, 9.17) is 5.73 Å². The second-order valence-corrected chi connectivity index (χ2v) is 3.83. The Morgan fingerprint density at radius 2 is 1.88 bits per heavy atom. The van der Waals surface area contributed by atoms with E-state index in [0.717, 1.165) is 18.9 Å². The quantitative estimate of drug-likeness (QED) is 0.835. The molecule has 4 heteroatoms. The minimum Gasteiger partial charge on any atom is -0.324 e. The predicted octanol–water partition coefficient (Wildman–Crippen LogP) is 3.90. The summed E-state index contributed by atoms with van der Waals surface area (Å²) in [6, 6.07) is 5.00. The summed E-state index contributed by atoms with van der Waals surface area (Å²) in [5.41, 5.74) is 5.36. The molecule has 0 fully saturated rings. The summed E-state index contributed by atoms with van der Waals surface area (Å²) in [6.45, 7) is 1.99. The normalized spacial score (nSPS) is 13.8. The van der Waals surface area contributed by atoms with Gasteiger partial charge in [-0.3, -0.25) is 0 Å². The van der Waals surface area contributed by atoms with Crippen LogP contribution < -0.4 is 5.73 Å². The average molecular weight is 231 g/mol. The van der Waals surface area contributed by atoms with Crippen LogP contribution in [0.3, 0.4) is 0 Å². The Kier molecular flexibility index (Phi) is 4.35. The van der Waals surface area contributed by atoms with Crippen LogP contribution in [0.1, 0.15) is 43.4 Å². The lowest BCUT2D eigenvalue weighted by atomic mass is 9.97.